The van der Waals surface area contributed by atoms with Crippen LogP contribution in [0.2, 0.25) is 0 Å². The van der Waals surface area contributed by atoms with Crippen LogP contribution in [0.25, 0.3) is 0 Å². The zero-order chi connectivity index (χ0) is 36.8. The smallest absolute Gasteiger partial charge is 0.340 e. The lowest BCUT2D eigenvalue weighted by atomic mass is 9.79. The van der Waals surface area contributed by atoms with E-state index in [-0.39, 0.29) is 39.0 Å². The highest BCUT2D eigenvalue weighted by molar-refractivity contribution is 6.35. The minimum Gasteiger partial charge on any atom is -0.480 e. The zero-order valence-corrected chi connectivity index (χ0v) is 27.7. The van der Waals surface area contributed by atoms with Gasteiger partial charge in [-0.3, -0.25) is 19.2 Å². The Balaban J connectivity index is 5.68. The fraction of sp³-hybridized carbons (Fsp3) is 0.724. The average Bonchev–Trinajstić information content (AvgIpc) is 2.96. The minimum atomic E-state index is -3.43. The van der Waals surface area contributed by atoms with Gasteiger partial charge < -0.3 is 50.6 Å². The van der Waals surface area contributed by atoms with Crippen molar-refractivity contribution >= 4 is 47.4 Å². The molecule has 268 valence electrons. The van der Waals surface area contributed by atoms with Crippen molar-refractivity contribution in [2.24, 2.45) is 28.1 Å². The van der Waals surface area contributed by atoms with E-state index in [0.717, 1.165) is 14.1 Å². The first-order valence-electron chi connectivity index (χ1n) is 14.7. The van der Waals surface area contributed by atoms with Crippen LogP contribution in [0.5, 0.6) is 0 Å². The number of Topliss-reactive ketones (excluding diaryl/α,β-unsaturated/α-hetero) is 1. The highest BCUT2D eigenvalue weighted by Gasteiger charge is 2.61. The summed E-state index contributed by atoms with van der Waals surface area (Å²) in [6.45, 7) is 8.68. The lowest BCUT2D eigenvalue weighted by Gasteiger charge is -2.33. The van der Waals surface area contributed by atoms with E-state index in [9.17, 15) is 58.8 Å². The first kappa shape index (κ1) is 42.8. The first-order chi connectivity index (χ1) is 21.8. The van der Waals surface area contributed by atoms with E-state index in [1.165, 1.54) is 13.8 Å². The number of hydrogen-bond acceptors (Lipinski definition) is 11. The van der Waals surface area contributed by atoms with Crippen molar-refractivity contribution in [2.45, 2.75) is 53.5 Å². The second-order valence-corrected chi connectivity index (χ2v) is 11.8. The van der Waals surface area contributed by atoms with Crippen LogP contribution in [0.1, 0.15) is 47.5 Å². The van der Waals surface area contributed by atoms with Crippen LogP contribution in [-0.2, 0) is 52.6 Å². The maximum Gasteiger partial charge on any atom is 0.340 e. The molecule has 18 nitrogen and oxygen atoms in total. The summed E-state index contributed by atoms with van der Waals surface area (Å²) in [6.07, 6.45) is -0.179. The molecule has 0 heterocycles. The third-order valence-corrected chi connectivity index (χ3v) is 7.28. The lowest BCUT2D eigenvalue weighted by molar-refractivity contribution is -0.175. The maximum absolute atomic E-state index is 12.8. The molecule has 7 N–H and O–H groups in total. The molecule has 18 heteroatoms. The van der Waals surface area contributed by atoms with Crippen LogP contribution in [0.4, 0.5) is 0 Å². The Kier molecular flexibility index (Phi) is 17.2. The van der Waals surface area contributed by atoms with Gasteiger partial charge in [0.1, 0.15) is 0 Å². The van der Waals surface area contributed by atoms with E-state index < -0.39 is 82.0 Å². The van der Waals surface area contributed by atoms with Gasteiger partial charge in [-0.15, -0.1) is 0 Å². The van der Waals surface area contributed by atoms with E-state index in [1.54, 1.807) is 0 Å². The quantitative estimate of drug-likeness (QED) is 0.0603. The molecule has 0 rings (SSSR count). The molecular formula is C29H47N3O15. The maximum atomic E-state index is 12.8. The highest BCUT2D eigenvalue weighted by Crippen LogP contribution is 2.27. The monoisotopic (exact) mass is 677 g/mol. The Bertz CT molecular complexity index is 1060. The molecule has 0 aromatic heterocycles. The Morgan fingerprint density at radius 2 is 1.02 bits per heavy atom. The topological polar surface area (TPSA) is 281 Å². The molecule has 0 radical (unpaired) electrons. The fourth-order valence-corrected chi connectivity index (χ4v) is 4.38. The molecule has 0 saturated carbocycles. The van der Waals surface area contributed by atoms with Crippen LogP contribution >= 0.6 is 0 Å². The average molecular weight is 678 g/mol. The Hall–Kier alpha value is -4.16. The number of carbonyl (C=O) groups is 8. The fourth-order valence-electron chi connectivity index (χ4n) is 4.38. The predicted molar refractivity (Wildman–Crippen MR) is 160 cm³/mol. The number of carboxylic acids is 4. The van der Waals surface area contributed by atoms with Crippen LogP contribution < -0.4 is 16.0 Å². The number of ketones is 1. The number of carboxylic acid groups (broad SMARTS) is 4. The third kappa shape index (κ3) is 10.4. The van der Waals surface area contributed by atoms with Crippen molar-refractivity contribution < 1.29 is 73.0 Å². The van der Waals surface area contributed by atoms with Crippen LogP contribution in [-0.4, -0.2) is 128 Å². The molecule has 0 aliphatic heterocycles. The zero-order valence-electron chi connectivity index (χ0n) is 27.7. The van der Waals surface area contributed by atoms with Gasteiger partial charge >= 0.3 is 29.3 Å². The molecule has 0 bridgehead atoms. The summed E-state index contributed by atoms with van der Waals surface area (Å²) in [6, 6.07) is -0.951. The van der Waals surface area contributed by atoms with Gasteiger partial charge in [-0.05, 0) is 25.2 Å². The number of ether oxygens (including phenoxy) is 3. The van der Waals surface area contributed by atoms with E-state index in [4.69, 9.17) is 14.2 Å². The standard InChI is InChI=1S/C29H47N3O15/c1-8-27(13-45-10-16(2)3,14-46-11-17(4)9-19(33)28(23(37)38,24(39)40)20(34)30-6)15-47-12-18(5)32-22(36)29(25(41)42,26(43)44)21(35)31-7/h16-18H,8-15H2,1-7H3,(H,30,34)(H,31,35)(H,32,36)(H,37,38)(H,39,40)(H,41,42)(H,43,44). The van der Waals surface area contributed by atoms with Crippen LogP contribution in [0, 0.1) is 28.1 Å². The van der Waals surface area contributed by atoms with Crippen LogP contribution in [0.3, 0.4) is 0 Å². The molecule has 0 spiro atoms. The summed E-state index contributed by atoms with van der Waals surface area (Å²) < 4.78 is 17.5. The molecule has 0 aliphatic carbocycles. The lowest BCUT2D eigenvalue weighted by Crippen LogP contribution is -2.61. The van der Waals surface area contributed by atoms with Gasteiger partial charge in [0, 0.05) is 45.2 Å². The molecule has 3 amide bonds. The van der Waals surface area contributed by atoms with Crippen molar-refractivity contribution in [3.8, 4) is 0 Å². The van der Waals surface area contributed by atoms with E-state index in [0.29, 0.717) is 13.0 Å². The molecule has 0 aromatic rings. The predicted octanol–water partition coefficient (Wildman–Crippen LogP) is -1.01. The van der Waals surface area contributed by atoms with Crippen molar-refractivity contribution in [3.63, 3.8) is 0 Å². The molecule has 47 heavy (non-hydrogen) atoms. The van der Waals surface area contributed by atoms with Gasteiger partial charge in [0.2, 0.25) is 0 Å². The SMILES string of the molecule is CCC(COCC(C)C)(COCC(C)CC(=O)C(C(=O)O)(C(=O)O)C(=O)NC)COCC(C)NC(=O)C(C(=O)O)(C(=O)O)C(=O)NC. The molecular weight excluding hydrogens is 630 g/mol. The summed E-state index contributed by atoms with van der Waals surface area (Å²) in [7, 11) is 1.99. The third-order valence-electron chi connectivity index (χ3n) is 7.28. The van der Waals surface area contributed by atoms with Gasteiger partial charge in [0.15, 0.2) is 5.78 Å². The first-order valence-corrected chi connectivity index (χ1v) is 14.7. The van der Waals surface area contributed by atoms with Crippen molar-refractivity contribution in [1.82, 2.24) is 16.0 Å². The molecule has 0 aromatic carbocycles. The van der Waals surface area contributed by atoms with E-state index in [1.807, 2.05) is 31.4 Å². The molecule has 3 unspecified atom stereocenters. The molecule has 0 aliphatic rings. The second kappa shape index (κ2) is 18.9. The Morgan fingerprint density at radius 1 is 0.617 bits per heavy atom. The van der Waals surface area contributed by atoms with Crippen molar-refractivity contribution in [2.75, 3.05) is 53.7 Å². The summed E-state index contributed by atoms with van der Waals surface area (Å²) in [5, 5.41) is 43.9. The summed E-state index contributed by atoms with van der Waals surface area (Å²) in [5.41, 5.74) is -7.57. The normalized spacial score (nSPS) is 14.3. The Morgan fingerprint density at radius 3 is 1.40 bits per heavy atom. The van der Waals surface area contributed by atoms with Crippen LogP contribution in [0.15, 0.2) is 0 Å². The second-order valence-electron chi connectivity index (χ2n) is 11.8. The van der Waals surface area contributed by atoms with Crippen molar-refractivity contribution in [3.05, 3.63) is 0 Å². The number of rotatable bonds is 24. The number of amides is 3. The Labute approximate surface area is 271 Å². The van der Waals surface area contributed by atoms with Gasteiger partial charge in [-0.1, -0.05) is 27.7 Å². The van der Waals surface area contributed by atoms with Gasteiger partial charge in [-0.25, -0.2) is 19.2 Å². The minimum absolute atomic E-state index is 0.0167. The highest BCUT2D eigenvalue weighted by atomic mass is 16.5. The van der Waals surface area contributed by atoms with Gasteiger partial charge in [-0.2, -0.15) is 0 Å². The number of hydrogen-bond donors (Lipinski definition) is 7. The van der Waals surface area contributed by atoms with E-state index in [2.05, 4.69) is 5.32 Å². The number of nitrogens with one attached hydrogen (secondary N) is 3. The summed E-state index contributed by atoms with van der Waals surface area (Å²) >= 11 is 0. The van der Waals surface area contributed by atoms with Gasteiger partial charge in [0.05, 0.1) is 26.4 Å². The van der Waals surface area contributed by atoms with Crippen molar-refractivity contribution in [1.29, 1.82) is 0 Å². The molecule has 0 fully saturated rings. The molecule has 0 saturated heterocycles. The largest absolute Gasteiger partial charge is 0.480 e. The number of carbonyl (C=O) groups excluding carboxylic acids is 4. The molecule has 3 atom stereocenters. The number of aliphatic carboxylic acids is 4. The summed E-state index contributed by atoms with van der Waals surface area (Å²) in [4.78, 5) is 96.9. The van der Waals surface area contributed by atoms with Gasteiger partial charge in [0.25, 0.3) is 23.1 Å². The summed E-state index contributed by atoms with van der Waals surface area (Å²) in [5.74, 6) is -15.1. The van der Waals surface area contributed by atoms with E-state index >= 15 is 0 Å².